The van der Waals surface area contributed by atoms with Crippen molar-refractivity contribution >= 4 is 22.0 Å². The Morgan fingerprint density at radius 3 is 3.00 bits per heavy atom. The molecular weight excluding hydrogens is 322 g/mol. The van der Waals surface area contributed by atoms with Crippen molar-refractivity contribution in [3.05, 3.63) is 28.2 Å². The van der Waals surface area contributed by atoms with Crippen molar-refractivity contribution < 1.29 is 9.53 Å². The smallest absolute Gasteiger partial charge is 0.317 e. The molecule has 5 nitrogen and oxygen atoms in total. The van der Waals surface area contributed by atoms with Crippen LogP contribution in [-0.2, 0) is 0 Å². The molecule has 1 aliphatic heterocycles. The van der Waals surface area contributed by atoms with E-state index < -0.39 is 0 Å². The van der Waals surface area contributed by atoms with E-state index in [2.05, 4.69) is 39.6 Å². The second-order valence-electron chi connectivity index (χ2n) is 4.76. The van der Waals surface area contributed by atoms with Crippen LogP contribution in [0.25, 0.3) is 0 Å². The van der Waals surface area contributed by atoms with Gasteiger partial charge in [0.05, 0.1) is 6.54 Å². The summed E-state index contributed by atoms with van der Waals surface area (Å²) in [6.07, 6.45) is 0. The molecule has 1 aromatic rings. The number of nitrogens with zero attached hydrogens (tertiary/aromatic N) is 1. The van der Waals surface area contributed by atoms with Crippen LogP contribution in [0, 0.1) is 0 Å². The maximum Gasteiger partial charge on any atom is 0.317 e. The Morgan fingerprint density at radius 2 is 2.35 bits per heavy atom. The minimum Gasteiger partial charge on any atom is -0.491 e. The van der Waals surface area contributed by atoms with E-state index in [1.54, 1.807) is 4.90 Å². The van der Waals surface area contributed by atoms with E-state index in [0.29, 0.717) is 13.2 Å². The fourth-order valence-electron chi connectivity index (χ4n) is 2.13. The zero-order chi connectivity index (χ0) is 14.5. The third-order valence-corrected chi connectivity index (χ3v) is 3.93. The summed E-state index contributed by atoms with van der Waals surface area (Å²) in [5, 5.41) is 5.99. The van der Waals surface area contributed by atoms with Gasteiger partial charge in [-0.2, -0.15) is 0 Å². The molecular formula is C14H20BrN3O2. The average molecular weight is 342 g/mol. The SMILES string of the molecule is CNC(C)c1cc(Br)ccc1OCCN1CCNC1=O. The third-order valence-electron chi connectivity index (χ3n) is 3.44. The van der Waals surface area contributed by atoms with Crippen LogP contribution in [0.1, 0.15) is 18.5 Å². The van der Waals surface area contributed by atoms with Crippen molar-refractivity contribution in [3.8, 4) is 5.75 Å². The minimum absolute atomic E-state index is 0.00628. The Bertz CT molecular complexity index is 481. The molecule has 0 aliphatic carbocycles. The quantitative estimate of drug-likeness (QED) is 0.833. The lowest BCUT2D eigenvalue weighted by molar-refractivity contribution is 0.202. The summed E-state index contributed by atoms with van der Waals surface area (Å²) in [7, 11) is 1.92. The highest BCUT2D eigenvalue weighted by Crippen LogP contribution is 2.28. The summed E-state index contributed by atoms with van der Waals surface area (Å²) >= 11 is 3.48. The van der Waals surface area contributed by atoms with Crippen LogP contribution in [0.3, 0.4) is 0 Å². The van der Waals surface area contributed by atoms with Gasteiger partial charge in [-0.05, 0) is 32.2 Å². The lowest BCUT2D eigenvalue weighted by atomic mass is 10.1. The molecule has 0 aromatic heterocycles. The van der Waals surface area contributed by atoms with Crippen molar-refractivity contribution in [2.24, 2.45) is 0 Å². The first-order chi connectivity index (χ1) is 9.61. The van der Waals surface area contributed by atoms with Crippen LogP contribution in [0.2, 0.25) is 0 Å². The van der Waals surface area contributed by atoms with Crippen molar-refractivity contribution in [1.82, 2.24) is 15.5 Å². The van der Waals surface area contributed by atoms with E-state index in [4.69, 9.17) is 4.74 Å². The van der Waals surface area contributed by atoms with Gasteiger partial charge < -0.3 is 20.3 Å². The van der Waals surface area contributed by atoms with Gasteiger partial charge in [-0.3, -0.25) is 0 Å². The molecule has 2 amide bonds. The van der Waals surface area contributed by atoms with Crippen LogP contribution < -0.4 is 15.4 Å². The third kappa shape index (κ3) is 3.64. The van der Waals surface area contributed by atoms with Gasteiger partial charge in [-0.25, -0.2) is 4.79 Å². The number of amides is 2. The zero-order valence-electron chi connectivity index (χ0n) is 11.8. The molecule has 0 spiro atoms. The molecule has 0 saturated carbocycles. The van der Waals surface area contributed by atoms with Gasteiger partial charge in [-0.15, -0.1) is 0 Å². The highest BCUT2D eigenvalue weighted by Gasteiger charge is 2.19. The zero-order valence-corrected chi connectivity index (χ0v) is 13.4. The first-order valence-electron chi connectivity index (χ1n) is 6.74. The van der Waals surface area contributed by atoms with Crippen LogP contribution in [0.4, 0.5) is 4.79 Å². The average Bonchev–Trinajstić information content (AvgIpc) is 2.85. The van der Waals surface area contributed by atoms with Crippen molar-refractivity contribution in [3.63, 3.8) is 0 Å². The molecule has 1 fully saturated rings. The molecule has 1 atom stereocenters. The van der Waals surface area contributed by atoms with E-state index in [9.17, 15) is 4.79 Å². The van der Waals surface area contributed by atoms with Crippen LogP contribution >= 0.6 is 15.9 Å². The highest BCUT2D eigenvalue weighted by atomic mass is 79.9. The van der Waals surface area contributed by atoms with Gasteiger partial charge in [0.15, 0.2) is 0 Å². The summed E-state index contributed by atoms with van der Waals surface area (Å²) < 4.78 is 6.87. The number of hydrogen-bond acceptors (Lipinski definition) is 3. The molecule has 1 aliphatic rings. The van der Waals surface area contributed by atoms with Gasteiger partial charge in [0.2, 0.25) is 0 Å². The fraction of sp³-hybridized carbons (Fsp3) is 0.500. The van der Waals surface area contributed by atoms with Crippen molar-refractivity contribution in [2.45, 2.75) is 13.0 Å². The summed E-state index contributed by atoms with van der Waals surface area (Å²) in [4.78, 5) is 13.2. The molecule has 0 radical (unpaired) electrons. The van der Waals surface area contributed by atoms with Gasteiger partial charge in [0.25, 0.3) is 0 Å². The summed E-state index contributed by atoms with van der Waals surface area (Å²) in [6.45, 7) is 4.66. The maximum absolute atomic E-state index is 11.4. The monoisotopic (exact) mass is 341 g/mol. The van der Waals surface area contributed by atoms with E-state index in [1.165, 1.54) is 0 Å². The second-order valence-corrected chi connectivity index (χ2v) is 5.68. The Balaban J connectivity index is 1.96. The lowest BCUT2D eigenvalue weighted by Crippen LogP contribution is -2.32. The van der Waals surface area contributed by atoms with E-state index in [-0.39, 0.29) is 12.1 Å². The number of hydrogen-bond donors (Lipinski definition) is 2. The fourth-order valence-corrected chi connectivity index (χ4v) is 2.51. The first kappa shape index (κ1) is 15.1. The Hall–Kier alpha value is -1.27. The van der Waals surface area contributed by atoms with Crippen LogP contribution in [-0.4, -0.2) is 44.2 Å². The number of halogens is 1. The van der Waals surface area contributed by atoms with Gasteiger partial charge in [0, 0.05) is 29.2 Å². The molecule has 0 bridgehead atoms. The van der Waals surface area contributed by atoms with Gasteiger partial charge in [0.1, 0.15) is 12.4 Å². The van der Waals surface area contributed by atoms with Gasteiger partial charge in [-0.1, -0.05) is 15.9 Å². The first-order valence-corrected chi connectivity index (χ1v) is 7.53. The molecule has 110 valence electrons. The Labute approximate surface area is 127 Å². The van der Waals surface area contributed by atoms with Crippen molar-refractivity contribution in [1.29, 1.82) is 0 Å². The highest BCUT2D eigenvalue weighted by molar-refractivity contribution is 9.10. The molecule has 1 unspecified atom stereocenters. The Morgan fingerprint density at radius 1 is 1.55 bits per heavy atom. The molecule has 20 heavy (non-hydrogen) atoms. The predicted octanol–water partition coefficient (Wildman–Crippen LogP) is 2.13. The number of benzene rings is 1. The number of carbonyl (C=O) groups excluding carboxylic acids is 1. The minimum atomic E-state index is -0.00628. The second kappa shape index (κ2) is 6.95. The molecule has 1 heterocycles. The van der Waals surface area contributed by atoms with E-state index >= 15 is 0 Å². The number of urea groups is 1. The van der Waals surface area contributed by atoms with E-state index in [1.807, 2.05) is 19.2 Å². The number of carbonyl (C=O) groups is 1. The lowest BCUT2D eigenvalue weighted by Gasteiger charge is -2.19. The van der Waals surface area contributed by atoms with E-state index in [0.717, 1.165) is 28.9 Å². The van der Waals surface area contributed by atoms with Crippen molar-refractivity contribution in [2.75, 3.05) is 33.3 Å². The summed E-state index contributed by atoms with van der Waals surface area (Å²) in [5.41, 5.74) is 1.10. The molecule has 1 aromatic carbocycles. The van der Waals surface area contributed by atoms with Crippen LogP contribution in [0.5, 0.6) is 5.75 Å². The molecule has 1 saturated heterocycles. The number of nitrogens with one attached hydrogen (secondary N) is 2. The normalized spacial score (nSPS) is 16.1. The Kier molecular flexibility index (Phi) is 5.25. The molecule has 2 N–H and O–H groups in total. The van der Waals surface area contributed by atoms with Crippen LogP contribution in [0.15, 0.2) is 22.7 Å². The largest absolute Gasteiger partial charge is 0.491 e. The number of rotatable bonds is 6. The standard InChI is InChI=1S/C14H20BrN3O2/c1-10(16-2)12-9-11(15)3-4-13(12)20-8-7-18-6-5-17-14(18)19/h3-4,9-10,16H,5-8H2,1-2H3,(H,17,19). The molecule has 6 heteroatoms. The van der Waals surface area contributed by atoms with Gasteiger partial charge >= 0.3 is 6.03 Å². The predicted molar refractivity (Wildman–Crippen MR) is 82.1 cm³/mol. The molecule has 2 rings (SSSR count). The number of ether oxygens (including phenoxy) is 1. The summed E-state index contributed by atoms with van der Waals surface area (Å²) in [6, 6.07) is 6.17. The summed E-state index contributed by atoms with van der Waals surface area (Å²) in [5.74, 6) is 0.856. The maximum atomic E-state index is 11.4. The topological polar surface area (TPSA) is 53.6 Å².